The highest BCUT2D eigenvalue weighted by atomic mass is 15.3. The summed E-state index contributed by atoms with van der Waals surface area (Å²) in [6, 6.07) is 10.1. The average Bonchev–Trinajstić information content (AvgIpc) is 2.71. The van der Waals surface area contributed by atoms with Gasteiger partial charge in [0.25, 0.3) is 0 Å². The van der Waals surface area contributed by atoms with Crippen molar-refractivity contribution in [3.05, 3.63) is 47.5 Å². The van der Waals surface area contributed by atoms with Crippen molar-refractivity contribution in [2.75, 3.05) is 0 Å². The van der Waals surface area contributed by atoms with Gasteiger partial charge in [-0.2, -0.15) is 0 Å². The largest absolute Gasteiger partial charge is 0.321 e. The van der Waals surface area contributed by atoms with Gasteiger partial charge < -0.3 is 10.3 Å². The van der Waals surface area contributed by atoms with Crippen molar-refractivity contribution >= 4 is 0 Å². The summed E-state index contributed by atoms with van der Waals surface area (Å²) in [5.41, 5.74) is 7.42. The summed E-state index contributed by atoms with van der Waals surface area (Å²) in [5.74, 6) is 1.79. The van der Waals surface area contributed by atoms with Crippen molar-refractivity contribution in [3.63, 3.8) is 0 Å². The topological polar surface area (TPSA) is 56.7 Å². The molecule has 0 unspecified atom stereocenters. The molecular formula is C13H18N4. The van der Waals surface area contributed by atoms with Crippen LogP contribution in [0.25, 0.3) is 0 Å². The SMILES string of the molecule is CCn1c(C)nnc1[C@@H](N)Cc1ccccc1. The van der Waals surface area contributed by atoms with Gasteiger partial charge in [0, 0.05) is 6.54 Å². The molecule has 90 valence electrons. The van der Waals surface area contributed by atoms with Crippen LogP contribution in [0.3, 0.4) is 0 Å². The third kappa shape index (κ3) is 2.53. The van der Waals surface area contributed by atoms with Crippen LogP contribution in [0.5, 0.6) is 0 Å². The van der Waals surface area contributed by atoms with Crippen LogP contribution in [-0.4, -0.2) is 14.8 Å². The molecule has 1 aromatic carbocycles. The van der Waals surface area contributed by atoms with Gasteiger partial charge in [-0.05, 0) is 25.8 Å². The van der Waals surface area contributed by atoms with Gasteiger partial charge in [0.05, 0.1) is 6.04 Å². The fourth-order valence-corrected chi connectivity index (χ4v) is 2.02. The molecule has 1 atom stereocenters. The van der Waals surface area contributed by atoms with Gasteiger partial charge in [-0.15, -0.1) is 10.2 Å². The minimum absolute atomic E-state index is 0.0986. The minimum atomic E-state index is -0.0986. The van der Waals surface area contributed by atoms with Gasteiger partial charge in [0.1, 0.15) is 11.6 Å². The number of hydrogen-bond acceptors (Lipinski definition) is 3. The van der Waals surface area contributed by atoms with E-state index >= 15 is 0 Å². The minimum Gasteiger partial charge on any atom is -0.321 e. The number of nitrogens with zero attached hydrogens (tertiary/aromatic N) is 3. The number of nitrogens with two attached hydrogens (primary N) is 1. The van der Waals surface area contributed by atoms with Crippen LogP contribution in [0.15, 0.2) is 30.3 Å². The fourth-order valence-electron chi connectivity index (χ4n) is 2.02. The first-order chi connectivity index (χ1) is 8.22. The smallest absolute Gasteiger partial charge is 0.150 e. The molecule has 17 heavy (non-hydrogen) atoms. The highest BCUT2D eigenvalue weighted by Gasteiger charge is 2.15. The lowest BCUT2D eigenvalue weighted by atomic mass is 10.1. The molecule has 2 N–H and O–H groups in total. The quantitative estimate of drug-likeness (QED) is 0.872. The number of rotatable bonds is 4. The molecule has 0 aliphatic carbocycles. The van der Waals surface area contributed by atoms with Crippen molar-refractivity contribution in [3.8, 4) is 0 Å². The molecule has 0 saturated carbocycles. The predicted octanol–water partition coefficient (Wildman–Crippen LogP) is 1.85. The van der Waals surface area contributed by atoms with Crippen molar-refractivity contribution in [1.82, 2.24) is 14.8 Å². The molecule has 2 aromatic rings. The van der Waals surface area contributed by atoms with E-state index in [0.29, 0.717) is 0 Å². The van der Waals surface area contributed by atoms with E-state index < -0.39 is 0 Å². The number of aromatic nitrogens is 3. The van der Waals surface area contributed by atoms with Crippen LogP contribution in [0.2, 0.25) is 0 Å². The predicted molar refractivity (Wildman–Crippen MR) is 67.5 cm³/mol. The Hall–Kier alpha value is -1.68. The second-order valence-electron chi connectivity index (χ2n) is 4.15. The van der Waals surface area contributed by atoms with Crippen LogP contribution in [-0.2, 0) is 13.0 Å². The van der Waals surface area contributed by atoms with E-state index in [1.807, 2.05) is 25.1 Å². The summed E-state index contributed by atoms with van der Waals surface area (Å²) in [6.07, 6.45) is 0.791. The molecule has 0 aliphatic heterocycles. The Labute approximate surface area is 101 Å². The zero-order valence-corrected chi connectivity index (χ0v) is 10.3. The Morgan fingerprint density at radius 3 is 2.59 bits per heavy atom. The molecule has 0 amide bonds. The summed E-state index contributed by atoms with van der Waals surface area (Å²) in [4.78, 5) is 0. The van der Waals surface area contributed by atoms with Crippen molar-refractivity contribution in [2.45, 2.75) is 32.9 Å². The molecule has 4 heteroatoms. The lowest BCUT2D eigenvalue weighted by molar-refractivity contribution is 0.592. The Kier molecular flexibility index (Phi) is 3.54. The van der Waals surface area contributed by atoms with Crippen molar-refractivity contribution < 1.29 is 0 Å². The zero-order chi connectivity index (χ0) is 12.3. The molecule has 1 heterocycles. The van der Waals surface area contributed by atoms with E-state index in [4.69, 9.17) is 5.73 Å². The monoisotopic (exact) mass is 230 g/mol. The van der Waals surface area contributed by atoms with E-state index in [-0.39, 0.29) is 6.04 Å². The summed E-state index contributed by atoms with van der Waals surface area (Å²) < 4.78 is 2.06. The fraction of sp³-hybridized carbons (Fsp3) is 0.385. The Bertz CT molecular complexity index is 475. The molecule has 1 aromatic heterocycles. The van der Waals surface area contributed by atoms with E-state index in [9.17, 15) is 0 Å². The summed E-state index contributed by atoms with van der Waals surface area (Å²) in [7, 11) is 0. The summed E-state index contributed by atoms with van der Waals surface area (Å²) in [5, 5.41) is 8.25. The lowest BCUT2D eigenvalue weighted by Gasteiger charge is -2.12. The average molecular weight is 230 g/mol. The molecular weight excluding hydrogens is 212 g/mol. The van der Waals surface area contributed by atoms with Gasteiger partial charge in [0.15, 0.2) is 0 Å². The molecule has 0 aliphatic rings. The molecule has 0 radical (unpaired) electrons. The van der Waals surface area contributed by atoms with E-state index in [0.717, 1.165) is 24.6 Å². The second kappa shape index (κ2) is 5.10. The maximum absolute atomic E-state index is 6.19. The molecule has 0 bridgehead atoms. The Morgan fingerprint density at radius 1 is 1.24 bits per heavy atom. The third-order valence-corrected chi connectivity index (χ3v) is 2.91. The maximum Gasteiger partial charge on any atom is 0.150 e. The van der Waals surface area contributed by atoms with Gasteiger partial charge in [0.2, 0.25) is 0 Å². The molecule has 2 rings (SSSR count). The van der Waals surface area contributed by atoms with Crippen molar-refractivity contribution in [1.29, 1.82) is 0 Å². The summed E-state index contributed by atoms with van der Waals surface area (Å²) >= 11 is 0. The van der Waals surface area contributed by atoms with Crippen LogP contribution < -0.4 is 5.73 Å². The number of benzene rings is 1. The van der Waals surface area contributed by atoms with Crippen molar-refractivity contribution in [2.24, 2.45) is 5.73 Å². The molecule has 0 fully saturated rings. The Morgan fingerprint density at radius 2 is 1.94 bits per heavy atom. The van der Waals surface area contributed by atoms with E-state index in [1.54, 1.807) is 0 Å². The van der Waals surface area contributed by atoms with Gasteiger partial charge in [-0.25, -0.2) is 0 Å². The first-order valence-corrected chi connectivity index (χ1v) is 5.91. The lowest BCUT2D eigenvalue weighted by Crippen LogP contribution is -2.19. The highest BCUT2D eigenvalue weighted by molar-refractivity contribution is 5.17. The summed E-state index contributed by atoms with van der Waals surface area (Å²) in [6.45, 7) is 4.89. The van der Waals surface area contributed by atoms with Gasteiger partial charge in [-0.3, -0.25) is 0 Å². The normalized spacial score (nSPS) is 12.6. The number of aryl methyl sites for hydroxylation is 1. The van der Waals surface area contributed by atoms with Crippen LogP contribution in [0, 0.1) is 6.92 Å². The van der Waals surface area contributed by atoms with E-state index in [2.05, 4.69) is 33.8 Å². The Balaban J connectivity index is 2.17. The van der Waals surface area contributed by atoms with Crippen LogP contribution in [0.4, 0.5) is 0 Å². The second-order valence-corrected chi connectivity index (χ2v) is 4.15. The number of hydrogen-bond donors (Lipinski definition) is 1. The maximum atomic E-state index is 6.19. The standard InChI is InChI=1S/C13H18N4/c1-3-17-10(2)15-16-13(17)12(14)9-11-7-5-4-6-8-11/h4-8,12H,3,9,14H2,1-2H3/t12-/m0/s1. The first-order valence-electron chi connectivity index (χ1n) is 5.91. The van der Waals surface area contributed by atoms with Crippen LogP contribution in [0.1, 0.15) is 30.2 Å². The molecule has 4 nitrogen and oxygen atoms in total. The van der Waals surface area contributed by atoms with E-state index in [1.165, 1.54) is 5.56 Å². The van der Waals surface area contributed by atoms with Crippen LogP contribution >= 0.6 is 0 Å². The molecule has 0 spiro atoms. The van der Waals surface area contributed by atoms with Gasteiger partial charge in [-0.1, -0.05) is 30.3 Å². The highest BCUT2D eigenvalue weighted by Crippen LogP contribution is 2.15. The van der Waals surface area contributed by atoms with Gasteiger partial charge >= 0.3 is 0 Å². The first kappa shape index (κ1) is 11.8. The molecule has 0 saturated heterocycles. The third-order valence-electron chi connectivity index (χ3n) is 2.91. The zero-order valence-electron chi connectivity index (χ0n) is 10.3.